The molecule has 0 saturated carbocycles. The van der Waals surface area contributed by atoms with Gasteiger partial charge in [-0.2, -0.15) is 5.26 Å². The summed E-state index contributed by atoms with van der Waals surface area (Å²) in [4.78, 5) is 0. The second-order valence-electron chi connectivity index (χ2n) is 0.365. The molecular weight excluding hydrogens is 86.1 g/mol. The monoisotopic (exact) mass is 89.0 g/mol. The zero-order valence-corrected chi connectivity index (χ0v) is 3.40. The van der Waals surface area contributed by atoms with Crippen molar-refractivity contribution in [3.05, 3.63) is 0 Å². The molecule has 0 amide bonds. The van der Waals surface area contributed by atoms with E-state index in [9.17, 15) is 0 Å². The lowest BCUT2D eigenvalue weighted by Crippen LogP contribution is -1.69. The molecule has 2 nitrogen and oxygen atoms in total. The Bertz CT molecular complexity index is 48.1. The average Bonchev–Trinajstić information content (AvgIpc) is 1.41. The summed E-state index contributed by atoms with van der Waals surface area (Å²) in [5.74, 6) is 0.177. The van der Waals surface area contributed by atoms with E-state index in [-0.39, 0.29) is 5.94 Å². The van der Waals surface area contributed by atoms with Gasteiger partial charge in [-0.25, -0.2) is 0 Å². The number of thiol groups is 1. The van der Waals surface area contributed by atoms with E-state index in [0.717, 1.165) is 0 Å². The van der Waals surface area contributed by atoms with Gasteiger partial charge in [-0.3, -0.25) is 0 Å². The van der Waals surface area contributed by atoms with Crippen molar-refractivity contribution in [2.24, 2.45) is 0 Å². The number of nitrogens with zero attached hydrogens (tertiary/aromatic N) is 1. The largest absolute Gasteiger partial charge is 0.417 e. The van der Waals surface area contributed by atoms with Gasteiger partial charge in [0.2, 0.25) is 0 Å². The Labute approximate surface area is 35.8 Å². The van der Waals surface area contributed by atoms with Gasteiger partial charge in [-0.1, -0.05) is 0 Å². The summed E-state index contributed by atoms with van der Waals surface area (Å²) in [5.41, 5.74) is 0. The Morgan fingerprint density at radius 1 is 2.00 bits per heavy atom. The van der Waals surface area contributed by atoms with E-state index in [1.54, 1.807) is 0 Å². The molecule has 5 heavy (non-hydrogen) atoms. The van der Waals surface area contributed by atoms with Crippen molar-refractivity contribution < 1.29 is 4.74 Å². The molecule has 0 fully saturated rings. The molecule has 0 bridgehead atoms. The van der Waals surface area contributed by atoms with Crippen molar-refractivity contribution in [2.75, 3.05) is 5.94 Å². The maximum Gasteiger partial charge on any atom is 0.287 e. The summed E-state index contributed by atoms with van der Waals surface area (Å²) < 4.78 is 4.00. The van der Waals surface area contributed by atoms with Gasteiger partial charge in [-0.05, 0) is 0 Å². The van der Waals surface area contributed by atoms with E-state index >= 15 is 0 Å². The van der Waals surface area contributed by atoms with E-state index < -0.39 is 0 Å². The molecule has 0 aliphatic heterocycles. The van der Waals surface area contributed by atoms with Gasteiger partial charge in [0.1, 0.15) is 5.94 Å². The highest BCUT2D eigenvalue weighted by Crippen LogP contribution is 1.69. The second kappa shape index (κ2) is 3.64. The summed E-state index contributed by atoms with van der Waals surface area (Å²) in [7, 11) is 0. The normalized spacial score (nSPS) is 5.60. The SMILES string of the molecule is N#COCS. The first-order valence-corrected chi connectivity index (χ1v) is 1.67. The molecule has 0 aromatic rings. The van der Waals surface area contributed by atoms with Gasteiger partial charge in [-0.15, -0.1) is 12.6 Å². The maximum absolute atomic E-state index is 7.55. The van der Waals surface area contributed by atoms with E-state index in [2.05, 4.69) is 17.4 Å². The highest BCUT2D eigenvalue weighted by molar-refractivity contribution is 7.80. The fourth-order valence-electron chi connectivity index (χ4n) is 0.0289. The summed E-state index contributed by atoms with van der Waals surface area (Å²) in [6, 6.07) is 0. The molecule has 0 saturated heterocycles. The van der Waals surface area contributed by atoms with Gasteiger partial charge < -0.3 is 4.74 Å². The van der Waals surface area contributed by atoms with Crippen molar-refractivity contribution in [1.82, 2.24) is 0 Å². The lowest BCUT2D eigenvalue weighted by molar-refractivity contribution is 0.343. The number of nitriles is 1. The van der Waals surface area contributed by atoms with Crippen molar-refractivity contribution in [3.63, 3.8) is 0 Å². The highest BCUT2D eigenvalue weighted by atomic mass is 32.1. The Hall–Kier alpha value is -0.360. The van der Waals surface area contributed by atoms with Crippen LogP contribution in [-0.4, -0.2) is 5.94 Å². The van der Waals surface area contributed by atoms with Crippen LogP contribution in [0.2, 0.25) is 0 Å². The molecule has 0 aromatic carbocycles. The number of rotatable bonds is 1. The smallest absolute Gasteiger partial charge is 0.287 e. The molecule has 0 aliphatic carbocycles. The van der Waals surface area contributed by atoms with Gasteiger partial charge in [0.25, 0.3) is 6.26 Å². The van der Waals surface area contributed by atoms with Crippen LogP contribution in [-0.2, 0) is 4.74 Å². The van der Waals surface area contributed by atoms with Crippen LogP contribution in [0.5, 0.6) is 0 Å². The summed E-state index contributed by atoms with van der Waals surface area (Å²) in [6.07, 6.45) is 1.44. The van der Waals surface area contributed by atoms with Gasteiger partial charge >= 0.3 is 0 Å². The first-order chi connectivity index (χ1) is 2.41. The van der Waals surface area contributed by atoms with Gasteiger partial charge in [0.15, 0.2) is 0 Å². The fourth-order valence-corrected chi connectivity index (χ4v) is 0.0866. The number of hydrogen-bond donors (Lipinski definition) is 1. The molecule has 0 spiro atoms. The predicted molar refractivity (Wildman–Crippen MR) is 20.6 cm³/mol. The Morgan fingerprint density at radius 3 is 2.60 bits per heavy atom. The summed E-state index contributed by atoms with van der Waals surface area (Å²) in [6.45, 7) is 0. The van der Waals surface area contributed by atoms with Crippen LogP contribution < -0.4 is 0 Å². The summed E-state index contributed by atoms with van der Waals surface area (Å²) in [5, 5.41) is 7.55. The Balaban J connectivity index is 2.48. The van der Waals surface area contributed by atoms with Crippen molar-refractivity contribution >= 4 is 12.6 Å². The van der Waals surface area contributed by atoms with Gasteiger partial charge in [0.05, 0.1) is 0 Å². The maximum atomic E-state index is 7.55. The van der Waals surface area contributed by atoms with Crippen LogP contribution >= 0.6 is 12.6 Å². The quantitative estimate of drug-likeness (QED) is 0.286. The molecule has 0 atom stereocenters. The van der Waals surface area contributed by atoms with Crippen LogP contribution in [0.3, 0.4) is 0 Å². The Morgan fingerprint density at radius 2 is 2.60 bits per heavy atom. The predicted octanol–water partition coefficient (Wildman–Crippen LogP) is 0.371. The van der Waals surface area contributed by atoms with Crippen molar-refractivity contribution in [2.45, 2.75) is 0 Å². The highest BCUT2D eigenvalue weighted by Gasteiger charge is 1.60. The van der Waals surface area contributed by atoms with Crippen molar-refractivity contribution in [3.8, 4) is 6.26 Å². The molecule has 0 N–H and O–H groups in total. The average molecular weight is 89.1 g/mol. The minimum Gasteiger partial charge on any atom is -0.417 e. The molecule has 0 unspecified atom stereocenters. The van der Waals surface area contributed by atoms with Crippen LogP contribution in [0, 0.1) is 11.5 Å². The zero-order chi connectivity index (χ0) is 4.12. The van der Waals surface area contributed by atoms with Gasteiger partial charge in [0, 0.05) is 0 Å². The molecule has 0 aliphatic rings. The molecule has 28 valence electrons. The number of ether oxygens (including phenoxy) is 1. The third kappa shape index (κ3) is 3.64. The molecule has 0 aromatic heterocycles. The standard InChI is InChI=1S/C2H3NOS/c3-1-4-2-5/h5H,2H2. The fraction of sp³-hybridized carbons (Fsp3) is 0.500. The van der Waals surface area contributed by atoms with E-state index in [1.807, 2.05) is 0 Å². The van der Waals surface area contributed by atoms with E-state index in [1.165, 1.54) is 6.26 Å². The number of hydrogen-bond acceptors (Lipinski definition) is 3. The van der Waals surface area contributed by atoms with Crippen LogP contribution in [0.25, 0.3) is 0 Å². The molecule has 0 heterocycles. The van der Waals surface area contributed by atoms with Crippen LogP contribution in [0.4, 0.5) is 0 Å². The van der Waals surface area contributed by atoms with Crippen LogP contribution in [0.15, 0.2) is 0 Å². The minimum atomic E-state index is 0.177. The lowest BCUT2D eigenvalue weighted by atomic mass is 11.5. The zero-order valence-electron chi connectivity index (χ0n) is 2.51. The molecule has 0 radical (unpaired) electrons. The van der Waals surface area contributed by atoms with Crippen LogP contribution in [0.1, 0.15) is 0 Å². The third-order valence-electron chi connectivity index (χ3n) is 0.129. The molecule has 3 heteroatoms. The summed E-state index contributed by atoms with van der Waals surface area (Å²) >= 11 is 3.56. The second-order valence-corrected chi connectivity index (χ2v) is 0.623. The third-order valence-corrected chi connectivity index (χ3v) is 0.258. The van der Waals surface area contributed by atoms with Crippen molar-refractivity contribution in [1.29, 1.82) is 5.26 Å². The Kier molecular flexibility index (Phi) is 3.38. The minimum absolute atomic E-state index is 0.177. The first kappa shape index (κ1) is 4.64. The molecular formula is C2H3NOS. The topological polar surface area (TPSA) is 33.0 Å². The molecule has 0 rings (SSSR count). The van der Waals surface area contributed by atoms with E-state index in [4.69, 9.17) is 5.26 Å². The lowest BCUT2D eigenvalue weighted by Gasteiger charge is -1.75. The van der Waals surface area contributed by atoms with E-state index in [0.29, 0.717) is 0 Å². The first-order valence-electron chi connectivity index (χ1n) is 1.03.